The van der Waals surface area contributed by atoms with Gasteiger partial charge in [0.05, 0.1) is 25.3 Å². The van der Waals surface area contributed by atoms with Gasteiger partial charge < -0.3 is 29.1 Å². The second-order valence-electron chi connectivity index (χ2n) is 9.51. The molecular formula is C28H34N2O6. The monoisotopic (exact) mass is 494 g/mol. The fourth-order valence-electron chi connectivity index (χ4n) is 4.68. The molecule has 2 aromatic carbocycles. The van der Waals surface area contributed by atoms with Crippen molar-refractivity contribution in [2.24, 2.45) is 0 Å². The Kier molecular flexibility index (Phi) is 7.54. The zero-order chi connectivity index (χ0) is 26.0. The average Bonchev–Trinajstić information content (AvgIpc) is 3.36. The first-order valence-electron chi connectivity index (χ1n) is 12.3. The predicted molar refractivity (Wildman–Crippen MR) is 137 cm³/mol. The lowest BCUT2D eigenvalue weighted by Crippen LogP contribution is -2.35. The minimum atomic E-state index is -0.761. The van der Waals surface area contributed by atoms with Gasteiger partial charge in [0.1, 0.15) is 17.6 Å². The van der Waals surface area contributed by atoms with Gasteiger partial charge in [0.2, 0.25) is 0 Å². The highest BCUT2D eigenvalue weighted by Gasteiger charge is 2.46. The summed E-state index contributed by atoms with van der Waals surface area (Å²) in [5, 5.41) is 11.4. The number of hydrogen-bond acceptors (Lipinski definition) is 7. The number of carbonyl (C=O) groups is 2. The fraction of sp³-hybridized carbons (Fsp3) is 0.429. The van der Waals surface area contributed by atoms with Crippen molar-refractivity contribution in [3.63, 3.8) is 0 Å². The molecule has 4 rings (SSSR count). The lowest BCUT2D eigenvalue weighted by Gasteiger charge is -2.27. The Hall–Kier alpha value is -3.52. The first-order valence-corrected chi connectivity index (χ1v) is 12.3. The molecule has 2 aliphatic rings. The van der Waals surface area contributed by atoms with E-state index in [4.69, 9.17) is 14.2 Å². The van der Waals surface area contributed by atoms with Crippen molar-refractivity contribution in [1.29, 1.82) is 0 Å². The summed E-state index contributed by atoms with van der Waals surface area (Å²) in [6.07, 6.45) is 1.58. The number of ether oxygens (including phenoxy) is 3. The molecule has 0 bridgehead atoms. The van der Waals surface area contributed by atoms with E-state index in [1.54, 1.807) is 31.4 Å². The molecule has 1 fully saturated rings. The molecule has 1 amide bonds. The van der Waals surface area contributed by atoms with E-state index in [0.29, 0.717) is 48.7 Å². The number of hydrogen-bond donors (Lipinski definition) is 1. The summed E-state index contributed by atoms with van der Waals surface area (Å²) in [5.74, 6) is 0.334. The van der Waals surface area contributed by atoms with Gasteiger partial charge in [-0.15, -0.1) is 0 Å². The van der Waals surface area contributed by atoms with Gasteiger partial charge in [-0.3, -0.25) is 9.59 Å². The minimum Gasteiger partial charge on any atom is -0.507 e. The third-order valence-electron chi connectivity index (χ3n) is 6.46. The van der Waals surface area contributed by atoms with Crippen LogP contribution in [0.15, 0.2) is 42.0 Å². The van der Waals surface area contributed by atoms with Gasteiger partial charge in [-0.05, 0) is 68.9 Å². The van der Waals surface area contributed by atoms with Crippen LogP contribution in [0.1, 0.15) is 43.0 Å². The van der Waals surface area contributed by atoms with Gasteiger partial charge >= 0.3 is 0 Å². The molecule has 2 aromatic rings. The smallest absolute Gasteiger partial charge is 0.295 e. The van der Waals surface area contributed by atoms with Gasteiger partial charge in [-0.1, -0.05) is 13.0 Å². The Balaban J connectivity index is 1.83. The van der Waals surface area contributed by atoms with Crippen molar-refractivity contribution in [2.75, 3.05) is 40.9 Å². The number of Topliss-reactive ketones (excluding diaryl/α,β-unsaturated/α-hetero) is 1. The molecule has 0 aromatic heterocycles. The topological polar surface area (TPSA) is 88.5 Å². The molecule has 2 unspecified atom stereocenters. The van der Waals surface area contributed by atoms with E-state index in [2.05, 4.69) is 0 Å². The van der Waals surface area contributed by atoms with Crippen molar-refractivity contribution in [3.05, 3.63) is 58.7 Å². The molecule has 1 N–H and O–H groups in total. The lowest BCUT2D eigenvalue weighted by atomic mass is 9.94. The number of ketones is 1. The number of rotatable bonds is 9. The summed E-state index contributed by atoms with van der Waals surface area (Å²) in [7, 11) is 5.38. The average molecular weight is 495 g/mol. The third-order valence-corrected chi connectivity index (χ3v) is 6.46. The number of methoxy groups -OCH3 is 1. The number of nitrogens with zero attached hydrogens (tertiary/aromatic N) is 2. The number of fused-ring (bicyclic) bond motifs is 1. The minimum absolute atomic E-state index is 0.0508. The van der Waals surface area contributed by atoms with Gasteiger partial charge in [0.25, 0.3) is 11.7 Å². The molecule has 2 aliphatic heterocycles. The highest BCUT2D eigenvalue weighted by Crippen LogP contribution is 2.42. The third kappa shape index (κ3) is 4.91. The van der Waals surface area contributed by atoms with Crippen molar-refractivity contribution in [2.45, 2.75) is 38.8 Å². The maximum atomic E-state index is 13.3. The van der Waals surface area contributed by atoms with Crippen molar-refractivity contribution in [3.8, 4) is 17.2 Å². The molecule has 8 heteroatoms. The summed E-state index contributed by atoms with van der Waals surface area (Å²) in [5.41, 5.74) is 2.18. The SMILES string of the molecule is CCCOc1cc(C2/C(=C(\O)c3ccc4c(c3)CC(C)O4)C(=O)C(=O)N2CCN(C)C)ccc1OC. The molecule has 36 heavy (non-hydrogen) atoms. The van der Waals surface area contributed by atoms with E-state index in [0.717, 1.165) is 17.7 Å². The van der Waals surface area contributed by atoms with Crippen LogP contribution < -0.4 is 14.2 Å². The molecule has 2 heterocycles. The summed E-state index contributed by atoms with van der Waals surface area (Å²) in [6, 6.07) is 9.96. The lowest BCUT2D eigenvalue weighted by molar-refractivity contribution is -0.140. The maximum absolute atomic E-state index is 13.3. The molecule has 0 aliphatic carbocycles. The second kappa shape index (κ2) is 10.6. The zero-order valence-electron chi connectivity index (χ0n) is 21.5. The standard InChI is InChI=1S/C28H34N2O6/c1-6-13-35-23-16-18(7-10-22(23)34-5)25-24(27(32)28(33)30(25)12-11-29(3)4)26(31)19-8-9-21-20(15-19)14-17(2)36-21/h7-10,15-17,25,31H,6,11-14H2,1-5H3/b26-24+. The Bertz CT molecular complexity index is 1190. The Morgan fingerprint density at radius 3 is 2.64 bits per heavy atom. The normalized spacial score (nSPS) is 20.6. The summed E-state index contributed by atoms with van der Waals surface area (Å²) < 4.78 is 17.1. The highest BCUT2D eigenvalue weighted by molar-refractivity contribution is 6.46. The Morgan fingerprint density at radius 2 is 1.94 bits per heavy atom. The number of carbonyl (C=O) groups excluding carboxylic acids is 2. The van der Waals surface area contributed by atoms with Crippen LogP contribution in [-0.4, -0.2) is 73.6 Å². The van der Waals surface area contributed by atoms with Crippen LogP contribution in [0.2, 0.25) is 0 Å². The molecule has 0 saturated carbocycles. The van der Waals surface area contributed by atoms with Crippen LogP contribution in [0.25, 0.3) is 5.76 Å². The van der Waals surface area contributed by atoms with Crippen LogP contribution in [0, 0.1) is 0 Å². The van der Waals surface area contributed by atoms with Gasteiger partial charge in [-0.25, -0.2) is 0 Å². The molecule has 192 valence electrons. The van der Waals surface area contributed by atoms with Crippen LogP contribution in [0.4, 0.5) is 0 Å². The molecule has 0 spiro atoms. The van der Waals surface area contributed by atoms with Crippen LogP contribution in [-0.2, 0) is 16.0 Å². The first kappa shape index (κ1) is 25.6. The maximum Gasteiger partial charge on any atom is 0.295 e. The van der Waals surface area contributed by atoms with Gasteiger partial charge in [0.15, 0.2) is 11.5 Å². The number of likely N-dealkylation sites (N-methyl/N-ethyl adjacent to an activating group) is 1. The van der Waals surface area contributed by atoms with Crippen molar-refractivity contribution < 1.29 is 28.9 Å². The number of aliphatic hydroxyl groups is 1. The van der Waals surface area contributed by atoms with E-state index in [-0.39, 0.29) is 17.4 Å². The van der Waals surface area contributed by atoms with E-state index >= 15 is 0 Å². The Labute approximate surface area is 212 Å². The zero-order valence-corrected chi connectivity index (χ0v) is 21.5. The number of benzene rings is 2. The molecule has 8 nitrogen and oxygen atoms in total. The molecule has 2 atom stereocenters. The fourth-order valence-corrected chi connectivity index (χ4v) is 4.68. The summed E-state index contributed by atoms with van der Waals surface area (Å²) in [4.78, 5) is 30.0. The van der Waals surface area contributed by atoms with E-state index in [9.17, 15) is 14.7 Å². The quantitative estimate of drug-likeness (QED) is 0.322. The molecular weight excluding hydrogens is 460 g/mol. The van der Waals surface area contributed by atoms with Crippen LogP contribution in [0.5, 0.6) is 17.2 Å². The van der Waals surface area contributed by atoms with Crippen molar-refractivity contribution in [1.82, 2.24) is 9.80 Å². The molecule has 1 saturated heterocycles. The molecule has 0 radical (unpaired) electrons. The van der Waals surface area contributed by atoms with E-state index < -0.39 is 17.7 Å². The van der Waals surface area contributed by atoms with Crippen LogP contribution in [0.3, 0.4) is 0 Å². The predicted octanol–water partition coefficient (Wildman–Crippen LogP) is 3.79. The number of amides is 1. The first-order chi connectivity index (χ1) is 17.2. The Morgan fingerprint density at radius 1 is 1.17 bits per heavy atom. The summed E-state index contributed by atoms with van der Waals surface area (Å²) in [6.45, 7) is 5.38. The van der Waals surface area contributed by atoms with Gasteiger partial charge in [-0.2, -0.15) is 0 Å². The van der Waals surface area contributed by atoms with Crippen molar-refractivity contribution >= 4 is 17.4 Å². The van der Waals surface area contributed by atoms with E-state index in [1.807, 2.05) is 45.0 Å². The number of likely N-dealkylation sites (tertiary alicyclic amines) is 1. The largest absolute Gasteiger partial charge is 0.507 e. The second-order valence-corrected chi connectivity index (χ2v) is 9.51. The highest BCUT2D eigenvalue weighted by atomic mass is 16.5. The van der Waals surface area contributed by atoms with Gasteiger partial charge in [0, 0.05) is 25.1 Å². The van der Waals surface area contributed by atoms with E-state index in [1.165, 1.54) is 4.90 Å². The number of aliphatic hydroxyl groups excluding tert-OH is 1. The van der Waals surface area contributed by atoms with Crippen LogP contribution >= 0.6 is 0 Å². The summed E-state index contributed by atoms with van der Waals surface area (Å²) >= 11 is 0.